The lowest BCUT2D eigenvalue weighted by Crippen LogP contribution is -2.03. The highest BCUT2D eigenvalue weighted by Crippen LogP contribution is 2.16. The number of aliphatic hydroxyl groups excluding tert-OH is 1. The van der Waals surface area contributed by atoms with E-state index in [9.17, 15) is 0 Å². The molecule has 2 nitrogen and oxygen atoms in total. The molecule has 4 heteroatoms. The highest BCUT2D eigenvalue weighted by atomic mass is 35.5. The lowest BCUT2D eigenvalue weighted by atomic mass is 10.2. The summed E-state index contributed by atoms with van der Waals surface area (Å²) in [6.07, 6.45) is 1.72. The molecule has 0 amide bonds. The summed E-state index contributed by atoms with van der Waals surface area (Å²) in [6.45, 7) is 2.27. The molecule has 1 aromatic rings. The van der Waals surface area contributed by atoms with Crippen LogP contribution in [0.5, 0.6) is 0 Å². The maximum Gasteiger partial charge on any atom is 0.0517 e. The van der Waals surface area contributed by atoms with Gasteiger partial charge in [0, 0.05) is 23.6 Å². The summed E-state index contributed by atoms with van der Waals surface area (Å²) in [7, 11) is 0. The summed E-state index contributed by atoms with van der Waals surface area (Å²) in [6, 6.07) is 3.64. The van der Waals surface area contributed by atoms with E-state index in [0.717, 1.165) is 22.2 Å². The van der Waals surface area contributed by atoms with Gasteiger partial charge in [0.2, 0.25) is 0 Å². The van der Waals surface area contributed by atoms with E-state index < -0.39 is 0 Å². The Morgan fingerprint density at radius 1 is 1.64 bits per heavy atom. The number of rotatable bonds is 5. The van der Waals surface area contributed by atoms with Gasteiger partial charge < -0.3 is 5.11 Å². The molecule has 0 saturated carbocycles. The largest absolute Gasteiger partial charge is 0.396 e. The summed E-state index contributed by atoms with van der Waals surface area (Å²) in [5.41, 5.74) is 0.993. The van der Waals surface area contributed by atoms with Gasteiger partial charge in [-0.1, -0.05) is 18.5 Å². The van der Waals surface area contributed by atoms with Crippen molar-refractivity contribution in [1.82, 2.24) is 4.98 Å². The number of aromatic nitrogens is 1. The fourth-order valence-electron chi connectivity index (χ4n) is 0.945. The van der Waals surface area contributed by atoms with E-state index >= 15 is 0 Å². The second-order valence-corrected chi connectivity index (χ2v) is 4.73. The molecule has 14 heavy (non-hydrogen) atoms. The predicted octanol–water partition coefficient (Wildman–Crippen LogP) is 2.60. The lowest BCUT2D eigenvalue weighted by molar-refractivity contribution is 0.250. The minimum Gasteiger partial charge on any atom is -0.396 e. The molecule has 0 aliphatic carbocycles. The first kappa shape index (κ1) is 11.8. The molecule has 1 heterocycles. The number of aliphatic hydroxyl groups is 1. The monoisotopic (exact) mass is 231 g/mol. The first-order valence-electron chi connectivity index (χ1n) is 4.51. The molecule has 1 atom stereocenters. The van der Waals surface area contributed by atoms with E-state index in [-0.39, 0.29) is 6.61 Å². The first-order chi connectivity index (χ1) is 6.72. The smallest absolute Gasteiger partial charge is 0.0517 e. The molecule has 0 aliphatic heterocycles. The van der Waals surface area contributed by atoms with E-state index in [4.69, 9.17) is 16.7 Å². The molecule has 0 fully saturated rings. The minimum absolute atomic E-state index is 0.246. The van der Waals surface area contributed by atoms with Crippen molar-refractivity contribution in [2.45, 2.75) is 12.7 Å². The van der Waals surface area contributed by atoms with E-state index in [0.29, 0.717) is 5.92 Å². The van der Waals surface area contributed by atoms with Crippen molar-refractivity contribution in [3.8, 4) is 0 Å². The standard InChI is InChI=1S/C10H14ClNOS/c1-8(5-13)6-14-7-10-4-9(11)2-3-12-10/h2-4,8,13H,5-7H2,1H3. The topological polar surface area (TPSA) is 33.1 Å². The maximum atomic E-state index is 8.83. The normalized spacial score (nSPS) is 12.8. The van der Waals surface area contributed by atoms with Gasteiger partial charge in [0.15, 0.2) is 0 Å². The number of thioether (sulfide) groups is 1. The molecule has 0 radical (unpaired) electrons. The average molecular weight is 232 g/mol. The van der Waals surface area contributed by atoms with Gasteiger partial charge in [-0.2, -0.15) is 11.8 Å². The van der Waals surface area contributed by atoms with Crippen LogP contribution >= 0.6 is 23.4 Å². The number of nitrogens with zero attached hydrogens (tertiary/aromatic N) is 1. The van der Waals surface area contributed by atoms with Gasteiger partial charge in [0.1, 0.15) is 0 Å². The first-order valence-corrected chi connectivity index (χ1v) is 6.04. The Kier molecular flexibility index (Phi) is 5.30. The zero-order valence-corrected chi connectivity index (χ0v) is 9.68. The Morgan fingerprint density at radius 2 is 2.43 bits per heavy atom. The zero-order chi connectivity index (χ0) is 10.4. The molecule has 1 rings (SSSR count). The number of hydrogen-bond donors (Lipinski definition) is 1. The van der Waals surface area contributed by atoms with Crippen molar-refractivity contribution >= 4 is 23.4 Å². The summed E-state index contributed by atoms with van der Waals surface area (Å²) in [4.78, 5) is 4.19. The maximum absolute atomic E-state index is 8.83. The van der Waals surface area contributed by atoms with E-state index in [1.54, 1.807) is 24.0 Å². The Hall–Kier alpha value is -0.250. The molecule has 0 aromatic carbocycles. The van der Waals surface area contributed by atoms with Crippen molar-refractivity contribution in [2.24, 2.45) is 5.92 Å². The molecular weight excluding hydrogens is 218 g/mol. The fourth-order valence-corrected chi connectivity index (χ4v) is 2.12. The van der Waals surface area contributed by atoms with Gasteiger partial charge in [-0.05, 0) is 23.8 Å². The second kappa shape index (κ2) is 6.27. The third kappa shape index (κ3) is 4.31. The van der Waals surface area contributed by atoms with Crippen LogP contribution < -0.4 is 0 Å². The van der Waals surface area contributed by atoms with Gasteiger partial charge in [-0.15, -0.1) is 0 Å². The molecule has 1 unspecified atom stereocenters. The van der Waals surface area contributed by atoms with Gasteiger partial charge in [0.25, 0.3) is 0 Å². The Bertz CT molecular complexity index is 283. The number of pyridine rings is 1. The summed E-state index contributed by atoms with van der Waals surface area (Å²) in [5, 5.41) is 9.55. The van der Waals surface area contributed by atoms with Crippen molar-refractivity contribution in [3.05, 3.63) is 29.0 Å². The summed E-state index contributed by atoms with van der Waals surface area (Å²) in [5.74, 6) is 2.15. The Morgan fingerprint density at radius 3 is 3.07 bits per heavy atom. The minimum atomic E-state index is 0.246. The highest BCUT2D eigenvalue weighted by Gasteiger charge is 2.01. The van der Waals surface area contributed by atoms with Crippen LogP contribution in [-0.4, -0.2) is 22.5 Å². The van der Waals surface area contributed by atoms with Crippen LogP contribution in [0.25, 0.3) is 0 Å². The van der Waals surface area contributed by atoms with E-state index in [2.05, 4.69) is 4.98 Å². The molecule has 1 aromatic heterocycles. The Balaban J connectivity index is 2.31. The van der Waals surface area contributed by atoms with E-state index in [1.807, 2.05) is 13.0 Å². The number of halogens is 1. The lowest BCUT2D eigenvalue weighted by Gasteiger charge is -2.06. The zero-order valence-electron chi connectivity index (χ0n) is 8.11. The fraction of sp³-hybridized carbons (Fsp3) is 0.500. The van der Waals surface area contributed by atoms with Crippen LogP contribution in [0.15, 0.2) is 18.3 Å². The molecule has 0 aliphatic rings. The van der Waals surface area contributed by atoms with Crippen molar-refractivity contribution in [1.29, 1.82) is 0 Å². The molecule has 0 spiro atoms. The van der Waals surface area contributed by atoms with Gasteiger partial charge in [-0.25, -0.2) is 0 Å². The third-order valence-electron chi connectivity index (χ3n) is 1.74. The van der Waals surface area contributed by atoms with Gasteiger partial charge in [0.05, 0.1) is 5.69 Å². The third-order valence-corrected chi connectivity index (χ3v) is 3.28. The van der Waals surface area contributed by atoms with Gasteiger partial charge >= 0.3 is 0 Å². The van der Waals surface area contributed by atoms with Crippen molar-refractivity contribution in [2.75, 3.05) is 12.4 Å². The van der Waals surface area contributed by atoms with Gasteiger partial charge in [-0.3, -0.25) is 4.98 Å². The SMILES string of the molecule is CC(CO)CSCc1cc(Cl)ccn1. The summed E-state index contributed by atoms with van der Waals surface area (Å²) >= 11 is 7.59. The van der Waals surface area contributed by atoms with Crippen molar-refractivity contribution in [3.63, 3.8) is 0 Å². The van der Waals surface area contributed by atoms with Crippen LogP contribution in [0.2, 0.25) is 5.02 Å². The quantitative estimate of drug-likeness (QED) is 0.846. The van der Waals surface area contributed by atoms with E-state index in [1.165, 1.54) is 0 Å². The van der Waals surface area contributed by atoms with Crippen LogP contribution in [-0.2, 0) is 5.75 Å². The molecule has 1 N–H and O–H groups in total. The molecule has 0 bridgehead atoms. The van der Waals surface area contributed by atoms with Crippen LogP contribution in [0.1, 0.15) is 12.6 Å². The van der Waals surface area contributed by atoms with Crippen LogP contribution in [0.3, 0.4) is 0 Å². The number of hydrogen-bond acceptors (Lipinski definition) is 3. The Labute approximate surface area is 93.7 Å². The molecule has 0 saturated heterocycles. The predicted molar refractivity (Wildman–Crippen MR) is 61.7 cm³/mol. The highest BCUT2D eigenvalue weighted by molar-refractivity contribution is 7.98. The van der Waals surface area contributed by atoms with Crippen LogP contribution in [0, 0.1) is 5.92 Å². The van der Waals surface area contributed by atoms with Crippen LogP contribution in [0.4, 0.5) is 0 Å². The van der Waals surface area contributed by atoms with Crippen molar-refractivity contribution < 1.29 is 5.11 Å². The molecular formula is C10H14ClNOS. The molecule has 78 valence electrons. The second-order valence-electron chi connectivity index (χ2n) is 3.27. The summed E-state index contributed by atoms with van der Waals surface area (Å²) < 4.78 is 0. The average Bonchev–Trinajstić information content (AvgIpc) is 2.17.